The van der Waals surface area contributed by atoms with E-state index < -0.39 is 6.10 Å². The molecule has 0 radical (unpaired) electrons. The van der Waals surface area contributed by atoms with Gasteiger partial charge in [-0.1, -0.05) is 23.7 Å². The van der Waals surface area contributed by atoms with Gasteiger partial charge in [-0.25, -0.2) is 4.39 Å². The van der Waals surface area contributed by atoms with E-state index in [4.69, 9.17) is 16.3 Å². The van der Waals surface area contributed by atoms with Crippen LogP contribution in [0.25, 0.3) is 0 Å². The van der Waals surface area contributed by atoms with E-state index in [2.05, 4.69) is 0 Å². The van der Waals surface area contributed by atoms with Crippen molar-refractivity contribution >= 4 is 11.6 Å². The molecular formula is C15H12ClFO2. The Hall–Kier alpha value is -1.58. The normalized spacial score (nSPS) is 21.6. The number of rotatable bonds is 1. The predicted octanol–water partition coefficient (Wildman–Crippen LogP) is 4.04. The van der Waals surface area contributed by atoms with Gasteiger partial charge in [0.2, 0.25) is 0 Å². The second kappa shape index (κ2) is 4.83. The Bertz CT molecular complexity index is 598. The van der Waals surface area contributed by atoms with Crippen LogP contribution in [0.1, 0.15) is 29.8 Å². The van der Waals surface area contributed by atoms with Crippen molar-refractivity contribution in [1.82, 2.24) is 0 Å². The highest BCUT2D eigenvalue weighted by Gasteiger charge is 2.28. The first-order valence-corrected chi connectivity index (χ1v) is 6.41. The Morgan fingerprint density at radius 1 is 1.16 bits per heavy atom. The smallest absolute Gasteiger partial charge is 0.128 e. The lowest BCUT2D eigenvalue weighted by atomic mass is 9.95. The summed E-state index contributed by atoms with van der Waals surface area (Å²) in [6.07, 6.45) is -0.494. The van der Waals surface area contributed by atoms with Crippen LogP contribution in [0.15, 0.2) is 42.5 Å². The lowest BCUT2D eigenvalue weighted by molar-refractivity contribution is 0.0654. The minimum absolute atomic E-state index is 0.290. The molecule has 0 aliphatic carbocycles. The van der Waals surface area contributed by atoms with E-state index in [0.717, 1.165) is 5.56 Å². The van der Waals surface area contributed by atoms with Gasteiger partial charge >= 0.3 is 0 Å². The number of aliphatic hydroxyl groups excluding tert-OH is 1. The van der Waals surface area contributed by atoms with Crippen molar-refractivity contribution in [2.45, 2.75) is 18.6 Å². The topological polar surface area (TPSA) is 29.5 Å². The number of hydrogen-bond acceptors (Lipinski definition) is 2. The molecule has 0 fully saturated rings. The zero-order valence-electron chi connectivity index (χ0n) is 10.0. The third-order valence-corrected chi connectivity index (χ3v) is 3.53. The molecule has 0 bridgehead atoms. The molecule has 3 rings (SSSR count). The molecule has 98 valence electrons. The van der Waals surface area contributed by atoms with Crippen LogP contribution in [-0.4, -0.2) is 5.11 Å². The van der Waals surface area contributed by atoms with Gasteiger partial charge in [0.25, 0.3) is 0 Å². The number of benzene rings is 2. The highest BCUT2D eigenvalue weighted by Crippen LogP contribution is 2.41. The molecule has 1 N–H and O–H groups in total. The Labute approximate surface area is 115 Å². The van der Waals surface area contributed by atoms with E-state index >= 15 is 0 Å². The first kappa shape index (κ1) is 12.5. The molecule has 0 aromatic heterocycles. The van der Waals surface area contributed by atoms with E-state index in [1.54, 1.807) is 18.2 Å². The molecule has 2 unspecified atom stereocenters. The van der Waals surface area contributed by atoms with Crippen LogP contribution in [0.5, 0.6) is 5.75 Å². The van der Waals surface area contributed by atoms with Crippen LogP contribution in [0.2, 0.25) is 5.02 Å². The number of halogens is 2. The quantitative estimate of drug-likeness (QED) is 0.853. The standard InChI is InChI=1S/C15H12ClFO2/c16-10-3-1-9(2-4-10)14-8-13(18)12-6-5-11(17)7-15(12)19-14/h1-7,13-14,18H,8H2. The molecule has 1 heterocycles. The maximum absolute atomic E-state index is 13.2. The van der Waals surface area contributed by atoms with Crippen molar-refractivity contribution in [3.05, 3.63) is 64.4 Å². The van der Waals surface area contributed by atoms with Gasteiger partial charge in [0.05, 0.1) is 6.10 Å². The molecule has 0 saturated carbocycles. The van der Waals surface area contributed by atoms with Crippen molar-refractivity contribution in [1.29, 1.82) is 0 Å². The molecule has 2 aromatic carbocycles. The second-order valence-electron chi connectivity index (χ2n) is 4.59. The Morgan fingerprint density at radius 2 is 1.89 bits per heavy atom. The van der Waals surface area contributed by atoms with E-state index in [1.807, 2.05) is 12.1 Å². The zero-order valence-corrected chi connectivity index (χ0v) is 10.8. The van der Waals surface area contributed by atoms with Gasteiger partial charge in [0, 0.05) is 23.1 Å². The number of hydrogen-bond donors (Lipinski definition) is 1. The predicted molar refractivity (Wildman–Crippen MR) is 70.8 cm³/mol. The third-order valence-electron chi connectivity index (χ3n) is 3.28. The molecular weight excluding hydrogens is 267 g/mol. The molecule has 0 spiro atoms. The maximum Gasteiger partial charge on any atom is 0.128 e. The summed E-state index contributed by atoms with van der Waals surface area (Å²) in [4.78, 5) is 0. The van der Waals surface area contributed by atoms with Crippen LogP contribution in [0, 0.1) is 5.82 Å². The average Bonchev–Trinajstić information content (AvgIpc) is 2.38. The fourth-order valence-corrected chi connectivity index (χ4v) is 2.42. The highest BCUT2D eigenvalue weighted by molar-refractivity contribution is 6.30. The Kier molecular flexibility index (Phi) is 3.17. The molecule has 4 heteroatoms. The summed E-state index contributed by atoms with van der Waals surface area (Å²) in [6, 6.07) is 11.4. The van der Waals surface area contributed by atoms with Gasteiger partial charge in [0.15, 0.2) is 0 Å². The summed E-state index contributed by atoms with van der Waals surface area (Å²) >= 11 is 5.84. The van der Waals surface area contributed by atoms with Crippen molar-refractivity contribution < 1.29 is 14.2 Å². The summed E-state index contributed by atoms with van der Waals surface area (Å²) in [6.45, 7) is 0. The molecule has 0 amide bonds. The minimum atomic E-state index is -0.648. The van der Waals surface area contributed by atoms with Crippen molar-refractivity contribution in [3.63, 3.8) is 0 Å². The largest absolute Gasteiger partial charge is 0.485 e. The fraction of sp³-hybridized carbons (Fsp3) is 0.200. The van der Waals surface area contributed by atoms with Crippen LogP contribution in [0.3, 0.4) is 0 Å². The lowest BCUT2D eigenvalue weighted by Crippen LogP contribution is -2.19. The SMILES string of the molecule is OC1CC(c2ccc(Cl)cc2)Oc2cc(F)ccc21. The van der Waals surface area contributed by atoms with E-state index in [0.29, 0.717) is 22.8 Å². The Morgan fingerprint density at radius 3 is 2.63 bits per heavy atom. The highest BCUT2D eigenvalue weighted by atomic mass is 35.5. The second-order valence-corrected chi connectivity index (χ2v) is 5.03. The van der Waals surface area contributed by atoms with Gasteiger partial charge in [0.1, 0.15) is 17.7 Å². The van der Waals surface area contributed by atoms with E-state index in [1.165, 1.54) is 12.1 Å². The minimum Gasteiger partial charge on any atom is -0.485 e. The first-order valence-electron chi connectivity index (χ1n) is 6.03. The van der Waals surface area contributed by atoms with E-state index in [-0.39, 0.29) is 11.9 Å². The summed E-state index contributed by atoms with van der Waals surface area (Å²) in [7, 11) is 0. The summed E-state index contributed by atoms with van der Waals surface area (Å²) in [5.74, 6) is 0.0291. The molecule has 1 aliphatic heterocycles. The summed E-state index contributed by atoms with van der Waals surface area (Å²) in [5, 5.41) is 10.8. The molecule has 2 atom stereocenters. The van der Waals surface area contributed by atoms with Crippen molar-refractivity contribution in [2.24, 2.45) is 0 Å². The van der Waals surface area contributed by atoms with Crippen molar-refractivity contribution in [3.8, 4) is 5.75 Å². The fourth-order valence-electron chi connectivity index (χ4n) is 2.30. The zero-order chi connectivity index (χ0) is 13.4. The number of ether oxygens (including phenoxy) is 1. The van der Waals surface area contributed by atoms with Gasteiger partial charge in [-0.3, -0.25) is 0 Å². The first-order chi connectivity index (χ1) is 9.13. The van der Waals surface area contributed by atoms with Gasteiger partial charge in [-0.2, -0.15) is 0 Å². The molecule has 1 aliphatic rings. The number of aliphatic hydroxyl groups is 1. The van der Waals surface area contributed by atoms with Crippen LogP contribution < -0.4 is 4.74 Å². The van der Waals surface area contributed by atoms with Crippen LogP contribution in [0.4, 0.5) is 4.39 Å². The monoisotopic (exact) mass is 278 g/mol. The molecule has 2 nitrogen and oxygen atoms in total. The average molecular weight is 279 g/mol. The van der Waals surface area contributed by atoms with Crippen LogP contribution in [-0.2, 0) is 0 Å². The van der Waals surface area contributed by atoms with Gasteiger partial charge in [-0.05, 0) is 29.8 Å². The van der Waals surface area contributed by atoms with Crippen molar-refractivity contribution in [2.75, 3.05) is 0 Å². The molecule has 2 aromatic rings. The van der Waals surface area contributed by atoms with Gasteiger partial charge < -0.3 is 9.84 Å². The van der Waals surface area contributed by atoms with Crippen LogP contribution >= 0.6 is 11.6 Å². The summed E-state index contributed by atoms with van der Waals surface area (Å²) in [5.41, 5.74) is 1.55. The third kappa shape index (κ3) is 2.44. The molecule has 19 heavy (non-hydrogen) atoms. The molecule has 0 saturated heterocycles. The lowest BCUT2D eigenvalue weighted by Gasteiger charge is -2.29. The maximum atomic E-state index is 13.2. The summed E-state index contributed by atoms with van der Waals surface area (Å²) < 4.78 is 19.0. The van der Waals surface area contributed by atoms with Gasteiger partial charge in [-0.15, -0.1) is 0 Å². The number of fused-ring (bicyclic) bond motifs is 1. The van der Waals surface area contributed by atoms with E-state index in [9.17, 15) is 9.50 Å². The Balaban J connectivity index is 1.93.